The van der Waals surface area contributed by atoms with Crippen LogP contribution in [0.5, 0.6) is 5.75 Å². The number of carbonyl (C=O) groups is 1. The Hall–Kier alpha value is -2.40. The number of hydrogen-bond donors (Lipinski definition) is 2. The van der Waals surface area contributed by atoms with E-state index < -0.39 is 5.82 Å². The van der Waals surface area contributed by atoms with Crippen LogP contribution in [0.15, 0.2) is 42.5 Å². The number of carbonyl (C=O) groups excluding carboxylic acids is 1. The molecule has 21 heavy (non-hydrogen) atoms. The summed E-state index contributed by atoms with van der Waals surface area (Å²) in [5.74, 6) is -0.445. The van der Waals surface area contributed by atoms with Crippen LogP contribution in [0.4, 0.5) is 10.1 Å². The van der Waals surface area contributed by atoms with Crippen molar-refractivity contribution in [2.24, 2.45) is 5.73 Å². The first-order chi connectivity index (χ1) is 10.1. The van der Waals surface area contributed by atoms with Gasteiger partial charge in [-0.15, -0.1) is 0 Å². The van der Waals surface area contributed by atoms with E-state index in [1.807, 2.05) is 31.2 Å². The number of nitrogens with one attached hydrogen (secondary N) is 1. The van der Waals surface area contributed by atoms with Gasteiger partial charge in [0.15, 0.2) is 6.61 Å². The molecule has 3 N–H and O–H groups in total. The van der Waals surface area contributed by atoms with Gasteiger partial charge in [-0.05, 0) is 25.1 Å². The second-order valence-corrected chi connectivity index (χ2v) is 4.66. The summed E-state index contributed by atoms with van der Waals surface area (Å²) < 4.78 is 18.8. The molecular weight excluding hydrogens is 271 g/mol. The highest BCUT2D eigenvalue weighted by Gasteiger charge is 2.06. The smallest absolute Gasteiger partial charge is 0.262 e. The van der Waals surface area contributed by atoms with E-state index in [-0.39, 0.29) is 19.1 Å². The van der Waals surface area contributed by atoms with Gasteiger partial charge in [0.1, 0.15) is 11.6 Å². The predicted molar refractivity (Wildman–Crippen MR) is 79.6 cm³/mol. The molecule has 0 aliphatic heterocycles. The lowest BCUT2D eigenvalue weighted by molar-refractivity contribution is -0.118. The average molecular weight is 288 g/mol. The van der Waals surface area contributed by atoms with Crippen LogP contribution in [0, 0.1) is 12.7 Å². The van der Waals surface area contributed by atoms with Crippen molar-refractivity contribution in [1.82, 2.24) is 0 Å². The van der Waals surface area contributed by atoms with Gasteiger partial charge < -0.3 is 15.8 Å². The van der Waals surface area contributed by atoms with Crippen LogP contribution in [0.2, 0.25) is 0 Å². The Morgan fingerprint density at radius 1 is 1.24 bits per heavy atom. The highest BCUT2D eigenvalue weighted by Crippen LogP contribution is 2.16. The summed E-state index contributed by atoms with van der Waals surface area (Å²) in [5, 5.41) is 2.70. The van der Waals surface area contributed by atoms with Gasteiger partial charge in [-0.2, -0.15) is 0 Å². The minimum Gasteiger partial charge on any atom is -0.484 e. The molecule has 0 aromatic heterocycles. The van der Waals surface area contributed by atoms with Crippen LogP contribution in [-0.4, -0.2) is 12.5 Å². The van der Waals surface area contributed by atoms with Crippen molar-refractivity contribution in [3.05, 3.63) is 59.4 Å². The summed E-state index contributed by atoms with van der Waals surface area (Å²) in [4.78, 5) is 11.7. The molecule has 0 saturated carbocycles. The number of halogens is 1. The predicted octanol–water partition coefficient (Wildman–Crippen LogP) is 2.61. The van der Waals surface area contributed by atoms with Crippen LogP contribution in [0.3, 0.4) is 0 Å². The first kappa shape index (κ1) is 15.0. The van der Waals surface area contributed by atoms with Crippen LogP contribution in [0.1, 0.15) is 11.1 Å². The van der Waals surface area contributed by atoms with E-state index in [0.29, 0.717) is 17.0 Å². The van der Waals surface area contributed by atoms with Crippen LogP contribution in [0.25, 0.3) is 0 Å². The van der Waals surface area contributed by atoms with Crippen molar-refractivity contribution in [3.8, 4) is 5.75 Å². The lowest BCUT2D eigenvalue weighted by atomic mass is 10.2. The van der Waals surface area contributed by atoms with E-state index in [0.717, 1.165) is 5.56 Å². The molecule has 2 aromatic rings. The number of nitrogens with two attached hydrogens (primary N) is 1. The molecule has 0 aliphatic carbocycles. The first-order valence-corrected chi connectivity index (χ1v) is 6.56. The fourth-order valence-corrected chi connectivity index (χ4v) is 1.77. The maximum Gasteiger partial charge on any atom is 0.262 e. The molecule has 0 bridgehead atoms. The molecule has 4 nitrogen and oxygen atoms in total. The monoisotopic (exact) mass is 288 g/mol. The second-order valence-electron chi connectivity index (χ2n) is 4.66. The third-order valence-electron chi connectivity index (χ3n) is 2.95. The molecule has 0 radical (unpaired) electrons. The summed E-state index contributed by atoms with van der Waals surface area (Å²) in [6, 6.07) is 11.8. The van der Waals surface area contributed by atoms with Crippen molar-refractivity contribution in [3.63, 3.8) is 0 Å². The summed E-state index contributed by atoms with van der Waals surface area (Å²) >= 11 is 0. The van der Waals surface area contributed by atoms with Crippen LogP contribution < -0.4 is 15.8 Å². The molecule has 0 atom stereocenters. The Balaban J connectivity index is 1.89. The maximum atomic E-state index is 13.5. The SMILES string of the molecule is Cc1ccc(NC(=O)COc2ccc(CN)c(F)c2)cc1. The highest BCUT2D eigenvalue weighted by atomic mass is 19.1. The molecule has 2 aromatic carbocycles. The molecule has 0 unspecified atom stereocenters. The Kier molecular flexibility index (Phi) is 4.90. The zero-order valence-corrected chi connectivity index (χ0v) is 11.7. The van der Waals surface area contributed by atoms with Gasteiger partial charge in [-0.25, -0.2) is 4.39 Å². The summed E-state index contributed by atoms with van der Waals surface area (Å²) in [6.45, 7) is 1.91. The van der Waals surface area contributed by atoms with E-state index in [1.165, 1.54) is 6.07 Å². The molecule has 1 amide bonds. The number of anilines is 1. The van der Waals surface area contributed by atoms with Gasteiger partial charge in [0.2, 0.25) is 0 Å². The maximum absolute atomic E-state index is 13.5. The normalized spacial score (nSPS) is 10.2. The number of amides is 1. The zero-order valence-electron chi connectivity index (χ0n) is 11.7. The van der Waals surface area contributed by atoms with E-state index in [2.05, 4.69) is 5.32 Å². The Morgan fingerprint density at radius 3 is 2.57 bits per heavy atom. The number of ether oxygens (including phenoxy) is 1. The number of benzene rings is 2. The Morgan fingerprint density at radius 2 is 1.95 bits per heavy atom. The lowest BCUT2D eigenvalue weighted by Crippen LogP contribution is -2.20. The molecule has 5 heteroatoms. The van der Waals surface area contributed by atoms with Crippen molar-refractivity contribution in [2.75, 3.05) is 11.9 Å². The number of hydrogen-bond acceptors (Lipinski definition) is 3. The molecule has 0 heterocycles. The average Bonchev–Trinajstić information content (AvgIpc) is 2.48. The first-order valence-electron chi connectivity index (χ1n) is 6.56. The summed E-state index contributed by atoms with van der Waals surface area (Å²) in [5.41, 5.74) is 7.59. The minimum absolute atomic E-state index is 0.125. The summed E-state index contributed by atoms with van der Waals surface area (Å²) in [7, 11) is 0. The quantitative estimate of drug-likeness (QED) is 0.889. The molecule has 0 saturated heterocycles. The molecule has 2 rings (SSSR count). The Labute approximate surface area is 122 Å². The molecular formula is C16H17FN2O2. The second kappa shape index (κ2) is 6.85. The van der Waals surface area contributed by atoms with Gasteiger partial charge in [-0.3, -0.25) is 4.79 Å². The zero-order chi connectivity index (χ0) is 15.2. The van der Waals surface area contributed by atoms with Crippen molar-refractivity contribution < 1.29 is 13.9 Å². The lowest BCUT2D eigenvalue weighted by Gasteiger charge is -2.09. The van der Waals surface area contributed by atoms with Crippen molar-refractivity contribution >= 4 is 11.6 Å². The molecule has 0 aliphatic rings. The van der Waals surface area contributed by atoms with Gasteiger partial charge >= 0.3 is 0 Å². The van der Waals surface area contributed by atoms with Gasteiger partial charge in [-0.1, -0.05) is 23.8 Å². The van der Waals surface area contributed by atoms with Gasteiger partial charge in [0.05, 0.1) is 0 Å². The van der Waals surface area contributed by atoms with Gasteiger partial charge in [0.25, 0.3) is 5.91 Å². The van der Waals surface area contributed by atoms with Crippen molar-refractivity contribution in [1.29, 1.82) is 0 Å². The molecule has 0 fully saturated rings. The van der Waals surface area contributed by atoms with E-state index in [4.69, 9.17) is 10.5 Å². The fourth-order valence-electron chi connectivity index (χ4n) is 1.77. The standard InChI is InChI=1S/C16H17FN2O2/c1-11-2-5-13(6-3-11)19-16(20)10-21-14-7-4-12(9-18)15(17)8-14/h2-8H,9-10,18H2,1H3,(H,19,20). The molecule has 110 valence electrons. The van der Waals surface area contributed by atoms with Crippen LogP contribution >= 0.6 is 0 Å². The third-order valence-corrected chi connectivity index (χ3v) is 2.95. The Bertz CT molecular complexity index is 627. The van der Waals surface area contributed by atoms with E-state index >= 15 is 0 Å². The van der Waals surface area contributed by atoms with Crippen LogP contribution in [-0.2, 0) is 11.3 Å². The topological polar surface area (TPSA) is 64.3 Å². The number of aryl methyl sites for hydroxylation is 1. The van der Waals surface area contributed by atoms with E-state index in [1.54, 1.807) is 12.1 Å². The van der Waals surface area contributed by atoms with E-state index in [9.17, 15) is 9.18 Å². The fraction of sp³-hybridized carbons (Fsp3) is 0.188. The van der Waals surface area contributed by atoms with Gasteiger partial charge in [0, 0.05) is 23.9 Å². The largest absolute Gasteiger partial charge is 0.484 e. The number of rotatable bonds is 5. The third kappa shape index (κ3) is 4.29. The summed E-state index contributed by atoms with van der Waals surface area (Å²) in [6.07, 6.45) is 0. The minimum atomic E-state index is -0.436. The molecule has 0 spiro atoms. The van der Waals surface area contributed by atoms with Crippen molar-refractivity contribution in [2.45, 2.75) is 13.5 Å². The highest BCUT2D eigenvalue weighted by molar-refractivity contribution is 5.91.